The Labute approximate surface area is 150 Å². The zero-order valence-corrected chi connectivity index (χ0v) is 15.7. The predicted octanol–water partition coefficient (Wildman–Crippen LogP) is 3.27. The number of ether oxygens (including phenoxy) is 1. The van der Waals surface area contributed by atoms with Crippen LogP contribution in [0.4, 0.5) is 5.13 Å². The number of para-hydroxylation sites is 1. The minimum Gasteiger partial charge on any atom is -0.493 e. The Bertz CT molecular complexity index is 1060. The van der Waals surface area contributed by atoms with E-state index in [0.717, 1.165) is 28.6 Å². The largest absolute Gasteiger partial charge is 0.493 e. The van der Waals surface area contributed by atoms with Crippen molar-refractivity contribution in [2.75, 3.05) is 24.8 Å². The minimum absolute atomic E-state index is 0.288. The molecule has 0 saturated carbocycles. The Morgan fingerprint density at radius 2 is 2.12 bits per heavy atom. The highest BCUT2D eigenvalue weighted by Crippen LogP contribution is 2.33. The van der Waals surface area contributed by atoms with Crippen LogP contribution in [0.2, 0.25) is 0 Å². The number of benzene rings is 2. The van der Waals surface area contributed by atoms with Crippen molar-refractivity contribution < 1.29 is 13.2 Å². The summed E-state index contributed by atoms with van der Waals surface area (Å²) in [5, 5.41) is 0.808. The lowest BCUT2D eigenvalue weighted by Crippen LogP contribution is -2.16. The minimum atomic E-state index is -3.30. The van der Waals surface area contributed by atoms with Crippen LogP contribution in [0.1, 0.15) is 11.1 Å². The zero-order valence-electron chi connectivity index (χ0n) is 14.0. The molecule has 0 saturated heterocycles. The molecule has 4 rings (SSSR count). The third-order valence-corrected chi connectivity index (χ3v) is 6.53. The van der Waals surface area contributed by atoms with Gasteiger partial charge in [-0.25, -0.2) is 13.4 Å². The molecule has 0 unspecified atom stereocenters. The van der Waals surface area contributed by atoms with E-state index in [1.165, 1.54) is 28.7 Å². The van der Waals surface area contributed by atoms with Gasteiger partial charge in [-0.2, -0.15) is 0 Å². The van der Waals surface area contributed by atoms with Crippen LogP contribution in [0.3, 0.4) is 0 Å². The molecule has 0 N–H and O–H groups in total. The lowest BCUT2D eigenvalue weighted by Gasteiger charge is -2.16. The molecule has 1 aliphatic heterocycles. The van der Waals surface area contributed by atoms with Gasteiger partial charge in [0.15, 0.2) is 15.0 Å². The molecule has 3 aromatic rings. The summed E-state index contributed by atoms with van der Waals surface area (Å²) in [6.45, 7) is 1.46. The van der Waals surface area contributed by atoms with Crippen LogP contribution in [-0.2, 0) is 22.8 Å². The Kier molecular flexibility index (Phi) is 3.92. The molecule has 0 radical (unpaired) electrons. The molecule has 7 heteroatoms. The van der Waals surface area contributed by atoms with Crippen LogP contribution in [0, 0.1) is 0 Å². The summed E-state index contributed by atoms with van der Waals surface area (Å²) in [6, 6.07) is 11.5. The fourth-order valence-electron chi connectivity index (χ4n) is 3.05. The van der Waals surface area contributed by atoms with E-state index in [1.54, 1.807) is 12.1 Å². The Hall–Kier alpha value is -2.12. The van der Waals surface area contributed by atoms with Crippen molar-refractivity contribution in [2.45, 2.75) is 17.9 Å². The molecule has 25 heavy (non-hydrogen) atoms. The molecule has 0 amide bonds. The van der Waals surface area contributed by atoms with Gasteiger partial charge in [-0.05, 0) is 29.3 Å². The number of hydrogen-bond acceptors (Lipinski definition) is 6. The summed E-state index contributed by atoms with van der Waals surface area (Å²) in [7, 11) is -1.32. The van der Waals surface area contributed by atoms with Crippen LogP contribution in [0.25, 0.3) is 10.2 Å². The first kappa shape index (κ1) is 16.4. The lowest BCUT2D eigenvalue weighted by molar-refractivity contribution is 0.357. The Morgan fingerprint density at radius 3 is 2.92 bits per heavy atom. The van der Waals surface area contributed by atoms with Gasteiger partial charge in [0.2, 0.25) is 0 Å². The average Bonchev–Trinajstić information content (AvgIpc) is 3.19. The molecule has 0 fully saturated rings. The van der Waals surface area contributed by atoms with Crippen LogP contribution in [0.15, 0.2) is 41.3 Å². The van der Waals surface area contributed by atoms with Crippen LogP contribution in [0.5, 0.6) is 5.75 Å². The van der Waals surface area contributed by atoms with Crippen molar-refractivity contribution in [3.8, 4) is 5.75 Å². The maximum absolute atomic E-state index is 12.0. The molecule has 1 aliphatic rings. The topological polar surface area (TPSA) is 59.5 Å². The first-order valence-electron chi connectivity index (χ1n) is 7.97. The highest BCUT2D eigenvalue weighted by Gasteiger charge is 2.18. The van der Waals surface area contributed by atoms with Crippen molar-refractivity contribution in [1.29, 1.82) is 0 Å². The van der Waals surface area contributed by atoms with Gasteiger partial charge in [0, 0.05) is 26.3 Å². The van der Waals surface area contributed by atoms with Gasteiger partial charge in [0.05, 0.1) is 16.2 Å². The van der Waals surface area contributed by atoms with Gasteiger partial charge < -0.3 is 9.64 Å². The Morgan fingerprint density at radius 1 is 1.28 bits per heavy atom. The lowest BCUT2D eigenvalue weighted by atomic mass is 10.1. The van der Waals surface area contributed by atoms with E-state index in [9.17, 15) is 8.42 Å². The van der Waals surface area contributed by atoms with Gasteiger partial charge in [-0.3, -0.25) is 0 Å². The van der Waals surface area contributed by atoms with Crippen LogP contribution < -0.4 is 9.64 Å². The van der Waals surface area contributed by atoms with E-state index in [0.29, 0.717) is 12.1 Å². The Balaban J connectivity index is 1.65. The third-order valence-electron chi connectivity index (χ3n) is 4.27. The van der Waals surface area contributed by atoms with E-state index in [4.69, 9.17) is 4.74 Å². The number of sulfone groups is 1. The number of fused-ring (bicyclic) bond motifs is 2. The van der Waals surface area contributed by atoms with Gasteiger partial charge in [-0.15, -0.1) is 0 Å². The second kappa shape index (κ2) is 6.00. The number of hydrogen-bond donors (Lipinski definition) is 0. The molecule has 0 bridgehead atoms. The van der Waals surface area contributed by atoms with E-state index in [1.807, 2.05) is 24.1 Å². The van der Waals surface area contributed by atoms with Gasteiger partial charge >= 0.3 is 0 Å². The maximum atomic E-state index is 12.0. The first-order chi connectivity index (χ1) is 11.9. The summed E-state index contributed by atoms with van der Waals surface area (Å²) in [6.07, 6.45) is 2.17. The molecule has 1 aromatic heterocycles. The molecule has 5 nitrogen and oxygen atoms in total. The maximum Gasteiger partial charge on any atom is 0.186 e. The van der Waals surface area contributed by atoms with Crippen LogP contribution >= 0.6 is 11.3 Å². The van der Waals surface area contributed by atoms with Crippen molar-refractivity contribution in [3.63, 3.8) is 0 Å². The highest BCUT2D eigenvalue weighted by atomic mass is 32.2. The van der Waals surface area contributed by atoms with Crippen molar-refractivity contribution in [2.24, 2.45) is 0 Å². The van der Waals surface area contributed by atoms with Gasteiger partial charge in [0.25, 0.3) is 0 Å². The summed E-state index contributed by atoms with van der Waals surface area (Å²) in [5.41, 5.74) is 2.99. The second-order valence-electron chi connectivity index (χ2n) is 6.27. The van der Waals surface area contributed by atoms with Crippen molar-refractivity contribution in [3.05, 3.63) is 47.5 Å². The summed E-state index contributed by atoms with van der Waals surface area (Å²) in [4.78, 5) is 6.93. The molecular weight excluding hydrogens is 356 g/mol. The molecule has 0 atom stereocenters. The average molecular weight is 374 g/mol. The quantitative estimate of drug-likeness (QED) is 0.701. The van der Waals surface area contributed by atoms with Crippen LogP contribution in [-0.4, -0.2) is 33.3 Å². The molecule has 2 aromatic carbocycles. The van der Waals surface area contributed by atoms with Gasteiger partial charge in [0.1, 0.15) is 11.3 Å². The summed E-state index contributed by atoms with van der Waals surface area (Å²) in [5.74, 6) is 0.976. The molecule has 130 valence electrons. The molecule has 2 heterocycles. The molecule has 0 spiro atoms. The van der Waals surface area contributed by atoms with E-state index in [2.05, 4.69) is 17.1 Å². The summed E-state index contributed by atoms with van der Waals surface area (Å²) < 4.78 is 30.4. The second-order valence-corrected chi connectivity index (χ2v) is 9.26. The highest BCUT2D eigenvalue weighted by molar-refractivity contribution is 7.91. The fraction of sp³-hybridized carbons (Fsp3) is 0.278. The van der Waals surface area contributed by atoms with E-state index in [-0.39, 0.29) is 4.90 Å². The summed E-state index contributed by atoms with van der Waals surface area (Å²) >= 11 is 1.51. The number of anilines is 1. The van der Waals surface area contributed by atoms with E-state index < -0.39 is 9.84 Å². The number of thiazole rings is 1. The fourth-order valence-corrected chi connectivity index (χ4v) is 4.90. The standard InChI is InChI=1S/C18H18N2O3S2/c1-20(11-12-6-7-14-13(10-12)8-9-23-14)18-19-17-15(24-18)4-3-5-16(17)25(2,21)22/h3-7,10H,8-9,11H2,1-2H3. The zero-order chi connectivity index (χ0) is 17.6. The van der Waals surface area contributed by atoms with Crippen molar-refractivity contribution in [1.82, 2.24) is 4.98 Å². The molecular formula is C18H18N2O3S2. The smallest absolute Gasteiger partial charge is 0.186 e. The van der Waals surface area contributed by atoms with Crippen molar-refractivity contribution >= 4 is 36.5 Å². The predicted molar refractivity (Wildman–Crippen MR) is 100 cm³/mol. The number of nitrogens with zero attached hydrogens (tertiary/aromatic N) is 2. The monoisotopic (exact) mass is 374 g/mol. The third kappa shape index (κ3) is 3.09. The SMILES string of the molecule is CN(Cc1ccc2c(c1)CCO2)c1nc2c(S(C)(=O)=O)cccc2s1. The number of rotatable bonds is 4. The first-order valence-corrected chi connectivity index (χ1v) is 10.7. The normalized spacial score (nSPS) is 13.7. The number of aromatic nitrogens is 1. The van der Waals surface area contributed by atoms with E-state index >= 15 is 0 Å². The molecule has 0 aliphatic carbocycles. The van der Waals surface area contributed by atoms with Gasteiger partial charge in [-0.1, -0.05) is 29.5 Å².